The first kappa shape index (κ1) is 61.6. The Hall–Kier alpha value is -10.0. The molecule has 0 bridgehead atoms. The van der Waals surface area contributed by atoms with Crippen molar-refractivity contribution in [2.24, 2.45) is 49.4 Å². The summed E-state index contributed by atoms with van der Waals surface area (Å²) < 4.78 is 0. The van der Waals surface area contributed by atoms with Gasteiger partial charge in [-0.15, -0.1) is 0 Å². The molecule has 6 amide bonds. The second-order valence-corrected chi connectivity index (χ2v) is 20.5. The number of nitrogens with zero attached hydrogens (tertiary/aromatic N) is 3. The average Bonchev–Trinajstić information content (AvgIpc) is 3.56. The van der Waals surface area contributed by atoms with Crippen LogP contribution in [0.4, 0.5) is 0 Å². The number of aliphatic imine (C=N–C) groups is 3. The lowest BCUT2D eigenvalue weighted by molar-refractivity contribution is -0.136. The van der Waals surface area contributed by atoms with Gasteiger partial charge in [-0.3, -0.25) is 43.7 Å². The van der Waals surface area contributed by atoms with E-state index in [0.29, 0.717) is 16.7 Å². The molecule has 21 heteroatoms. The van der Waals surface area contributed by atoms with Crippen LogP contribution in [0.25, 0.3) is 33.4 Å². The third-order valence-corrected chi connectivity index (χ3v) is 14.1. The molecule has 6 atom stereocenters. The number of nitrogens with one attached hydrogen (secondary N) is 6. The fraction of sp³-hybridized carbons (Fsp3) is 0.286. The van der Waals surface area contributed by atoms with Crippen molar-refractivity contribution >= 4 is 53.3 Å². The third kappa shape index (κ3) is 19.3. The summed E-state index contributed by atoms with van der Waals surface area (Å²) in [6.45, 7) is 0.255. The number of rotatable bonds is 21. The summed E-state index contributed by atoms with van der Waals surface area (Å²) in [5, 5.41) is 17.3. The number of guanidine groups is 3. The predicted octanol–water partition coefficient (Wildman–Crippen LogP) is 2.80. The summed E-state index contributed by atoms with van der Waals surface area (Å²) in [4.78, 5) is 102. The second kappa shape index (κ2) is 31.2. The molecule has 1 aliphatic heterocycles. The monoisotopic (exact) mass is 1140 g/mol. The molecule has 0 spiro atoms. The molecule has 0 aliphatic carbocycles. The van der Waals surface area contributed by atoms with Crippen molar-refractivity contribution in [3.8, 4) is 33.4 Å². The number of hydrogen-bond acceptors (Lipinski definition) is 9. The van der Waals surface area contributed by atoms with Crippen molar-refractivity contribution in [1.82, 2.24) is 31.9 Å². The summed E-state index contributed by atoms with van der Waals surface area (Å²) >= 11 is 0. The molecular weight excluding hydrogens is 1060 g/mol. The number of benzene rings is 6. The predicted molar refractivity (Wildman–Crippen MR) is 328 cm³/mol. The van der Waals surface area contributed by atoms with Gasteiger partial charge >= 0.3 is 0 Å². The van der Waals surface area contributed by atoms with E-state index < -0.39 is 71.7 Å². The summed E-state index contributed by atoms with van der Waals surface area (Å²) in [7, 11) is 0. The van der Waals surface area contributed by atoms with Gasteiger partial charge in [-0.25, -0.2) is 0 Å². The van der Waals surface area contributed by atoms with Crippen LogP contribution in [0, 0.1) is 0 Å². The summed E-state index contributed by atoms with van der Waals surface area (Å²) in [6, 6.07) is 43.8. The Labute approximate surface area is 489 Å². The summed E-state index contributed by atoms with van der Waals surface area (Å²) in [5.74, 6) is -5.01. The van der Waals surface area contributed by atoms with Gasteiger partial charge in [0.05, 0.1) is 0 Å². The zero-order chi connectivity index (χ0) is 59.8. The normalized spacial score (nSPS) is 18.9. The van der Waals surface area contributed by atoms with Crippen molar-refractivity contribution in [2.75, 3.05) is 19.6 Å². The molecule has 1 saturated heterocycles. The van der Waals surface area contributed by atoms with Gasteiger partial charge in [-0.1, -0.05) is 164 Å². The standard InChI is InChI=1S/C63H75N15O6/c64-61(65)70-34-10-19-49-55(79)74-51(21-12-36-72-63(68)69)57(81)76-53(38-41-24-30-47(31-25-41)44-15-6-2-7-16-44)59(83)78-54(39-42-26-32-48(33-27-42)45-17-8-3-9-18-45)60(84)77-52(37-40-22-28-46(29-23-40)43-13-4-1-5-14-43)58(82)75-50(56(80)73-49)20-11-35-71-62(66)67/h1-9,13-18,22-33,49-54H,10-12,19-21,34-39H2,(H,73,80)(H,74,79)(H,75,82)(H,76,81)(H,77,84)(H,78,83)(H4,64,65,70)(H4,66,67,71)(H4,68,69,72)/t49-,50-,51-,52-,53-,54-/m0/s1. The number of hydrogen-bond donors (Lipinski definition) is 12. The first-order valence-corrected chi connectivity index (χ1v) is 28.0. The Morgan fingerprint density at radius 1 is 0.286 bits per heavy atom. The van der Waals surface area contributed by atoms with Gasteiger partial charge < -0.3 is 66.3 Å². The molecule has 84 heavy (non-hydrogen) atoms. The smallest absolute Gasteiger partial charge is 0.243 e. The van der Waals surface area contributed by atoms with Gasteiger partial charge in [-0.2, -0.15) is 0 Å². The maximum absolute atomic E-state index is 15.2. The van der Waals surface area contributed by atoms with E-state index in [9.17, 15) is 14.4 Å². The molecule has 7 rings (SSSR count). The van der Waals surface area contributed by atoms with Crippen LogP contribution in [0.15, 0.2) is 179 Å². The third-order valence-electron chi connectivity index (χ3n) is 14.1. The van der Waals surface area contributed by atoms with Gasteiger partial charge in [0.15, 0.2) is 17.9 Å². The zero-order valence-corrected chi connectivity index (χ0v) is 46.8. The van der Waals surface area contributed by atoms with Crippen molar-refractivity contribution in [3.05, 3.63) is 180 Å². The van der Waals surface area contributed by atoms with Crippen molar-refractivity contribution in [1.29, 1.82) is 0 Å². The van der Waals surface area contributed by atoms with Gasteiger partial charge in [0, 0.05) is 38.9 Å². The zero-order valence-electron chi connectivity index (χ0n) is 46.8. The second-order valence-electron chi connectivity index (χ2n) is 20.5. The van der Waals surface area contributed by atoms with Crippen LogP contribution in [0.1, 0.15) is 55.2 Å². The molecule has 0 unspecified atom stereocenters. The highest BCUT2D eigenvalue weighted by atomic mass is 16.2. The Bertz CT molecular complexity index is 3120. The Balaban J connectivity index is 1.31. The quantitative estimate of drug-likeness (QED) is 0.0281. The lowest BCUT2D eigenvalue weighted by Gasteiger charge is -2.29. The molecule has 6 aromatic carbocycles. The van der Waals surface area contributed by atoms with E-state index in [-0.39, 0.29) is 95.3 Å². The summed E-state index contributed by atoms with van der Waals surface area (Å²) in [5.41, 5.74) is 41.5. The molecule has 1 fully saturated rings. The van der Waals surface area contributed by atoms with Crippen molar-refractivity contribution in [3.63, 3.8) is 0 Å². The van der Waals surface area contributed by atoms with Gasteiger partial charge in [-0.05, 0) is 88.6 Å². The summed E-state index contributed by atoms with van der Waals surface area (Å²) in [6.07, 6.45) is 0.359. The van der Waals surface area contributed by atoms with Crippen molar-refractivity contribution < 1.29 is 28.8 Å². The highest BCUT2D eigenvalue weighted by molar-refractivity contribution is 5.98. The lowest BCUT2D eigenvalue weighted by atomic mass is 9.97. The van der Waals surface area contributed by atoms with Crippen LogP contribution in [-0.2, 0) is 48.0 Å². The van der Waals surface area contributed by atoms with Crippen LogP contribution in [0.2, 0.25) is 0 Å². The molecule has 438 valence electrons. The van der Waals surface area contributed by atoms with Crippen LogP contribution in [0.5, 0.6) is 0 Å². The number of nitrogens with two attached hydrogens (primary N) is 6. The molecule has 0 saturated carbocycles. The fourth-order valence-corrected chi connectivity index (χ4v) is 9.68. The van der Waals surface area contributed by atoms with Crippen molar-refractivity contribution in [2.45, 2.75) is 94.0 Å². The maximum atomic E-state index is 15.2. The van der Waals surface area contributed by atoms with E-state index in [1.54, 1.807) is 0 Å². The largest absolute Gasteiger partial charge is 0.370 e. The molecule has 0 radical (unpaired) electrons. The first-order valence-electron chi connectivity index (χ1n) is 28.0. The Morgan fingerprint density at radius 3 is 0.714 bits per heavy atom. The van der Waals surface area contributed by atoms with E-state index in [0.717, 1.165) is 33.4 Å². The molecule has 1 heterocycles. The molecule has 0 aromatic heterocycles. The van der Waals surface area contributed by atoms with E-state index in [4.69, 9.17) is 34.4 Å². The van der Waals surface area contributed by atoms with Gasteiger partial charge in [0.2, 0.25) is 35.4 Å². The van der Waals surface area contributed by atoms with Crippen LogP contribution < -0.4 is 66.3 Å². The average molecular weight is 1140 g/mol. The highest BCUT2D eigenvalue weighted by Gasteiger charge is 2.35. The minimum Gasteiger partial charge on any atom is -0.370 e. The SMILES string of the molecule is NC(N)=NCCC[C@@H]1NC(=O)[C@H](CCCN=C(N)N)NC(=O)[C@H](Cc2ccc(-c3ccccc3)cc2)NC(=O)[C@H](Cc2ccc(-c3ccccc3)cc2)NC(=O)[C@H](Cc2ccc(-c3ccccc3)cc2)NC(=O)[C@H](CCCN=C(N)N)NC1=O. The van der Waals surface area contributed by atoms with Crippen LogP contribution in [0.3, 0.4) is 0 Å². The molecular formula is C63H75N15O6. The highest BCUT2D eigenvalue weighted by Crippen LogP contribution is 2.23. The number of amides is 6. The molecule has 21 nitrogen and oxygen atoms in total. The van der Waals surface area contributed by atoms with E-state index in [1.807, 2.05) is 164 Å². The van der Waals surface area contributed by atoms with E-state index in [2.05, 4.69) is 46.9 Å². The molecule has 6 aromatic rings. The first-order chi connectivity index (χ1) is 40.6. The number of carbonyl (C=O) groups is 6. The van der Waals surface area contributed by atoms with Crippen LogP contribution >= 0.6 is 0 Å². The minimum atomic E-state index is -1.34. The maximum Gasteiger partial charge on any atom is 0.243 e. The molecule has 18 N–H and O–H groups in total. The van der Waals surface area contributed by atoms with Gasteiger partial charge in [0.1, 0.15) is 36.3 Å². The Kier molecular flexibility index (Phi) is 22.9. The van der Waals surface area contributed by atoms with Gasteiger partial charge in [0.25, 0.3) is 0 Å². The topological polar surface area (TPSA) is 368 Å². The Morgan fingerprint density at radius 2 is 0.488 bits per heavy atom. The van der Waals surface area contributed by atoms with E-state index >= 15 is 14.4 Å². The lowest BCUT2D eigenvalue weighted by Crippen LogP contribution is -2.62. The van der Waals surface area contributed by atoms with E-state index in [1.165, 1.54) is 0 Å². The van der Waals surface area contributed by atoms with Crippen LogP contribution in [-0.4, -0.2) is 109 Å². The fourth-order valence-electron chi connectivity index (χ4n) is 9.68. The number of carbonyl (C=O) groups excluding carboxylic acids is 6. The molecule has 1 aliphatic rings. The minimum absolute atomic E-state index is 0.0208.